The van der Waals surface area contributed by atoms with Crippen LogP contribution in [0.4, 0.5) is 0 Å². The molecule has 2 aromatic rings. The van der Waals surface area contributed by atoms with Gasteiger partial charge in [0.05, 0.1) is 26.7 Å². The topological polar surface area (TPSA) is 84.3 Å². The molecule has 0 saturated carbocycles. The summed E-state index contributed by atoms with van der Waals surface area (Å²) in [5.41, 5.74) is 1.42. The number of benzene rings is 1. The smallest absolute Gasteiger partial charge is 0.337 e. The van der Waals surface area contributed by atoms with Gasteiger partial charge in [0.2, 0.25) is 0 Å². The lowest BCUT2D eigenvalue weighted by Gasteiger charge is -2.05. The minimum Gasteiger partial charge on any atom is -0.478 e. The van der Waals surface area contributed by atoms with Gasteiger partial charge in [0.1, 0.15) is 0 Å². The zero-order chi connectivity index (χ0) is 14.0. The molecule has 0 saturated heterocycles. The first-order valence-electron chi connectivity index (χ1n) is 5.03. The molecule has 0 aliphatic carbocycles. The molecule has 0 atom stereocenters. The summed E-state index contributed by atoms with van der Waals surface area (Å²) in [6.07, 6.45) is 1.48. The van der Waals surface area contributed by atoms with Crippen molar-refractivity contribution in [1.82, 2.24) is 4.98 Å². The van der Waals surface area contributed by atoms with Crippen LogP contribution in [0.25, 0.3) is 0 Å². The van der Waals surface area contributed by atoms with Crippen LogP contribution in [0.5, 0.6) is 0 Å². The van der Waals surface area contributed by atoms with Gasteiger partial charge >= 0.3 is 5.97 Å². The minimum atomic E-state index is -3.56. The second-order valence-corrected chi connectivity index (χ2v) is 7.04. The number of carboxylic acid groups (broad SMARTS) is 1. The molecule has 1 aromatic carbocycles. The fraction of sp³-hybridized carbons (Fsp3) is 0.0909. The summed E-state index contributed by atoms with van der Waals surface area (Å²) < 4.78 is 24.2. The van der Waals surface area contributed by atoms with Gasteiger partial charge in [0, 0.05) is 11.1 Å². The van der Waals surface area contributed by atoms with Crippen molar-refractivity contribution in [3.05, 3.63) is 45.4 Å². The molecule has 100 valence electrons. The van der Waals surface area contributed by atoms with E-state index in [1.807, 2.05) is 0 Å². The van der Waals surface area contributed by atoms with Crippen molar-refractivity contribution in [2.45, 2.75) is 10.6 Å². The number of halogens is 1. The lowest BCUT2D eigenvalue weighted by Crippen LogP contribution is -2.05. The zero-order valence-electron chi connectivity index (χ0n) is 9.41. The molecule has 0 radical (unpaired) electrons. The van der Waals surface area contributed by atoms with E-state index in [0.717, 1.165) is 6.07 Å². The summed E-state index contributed by atoms with van der Waals surface area (Å²) in [6.45, 7) is 0. The van der Waals surface area contributed by atoms with Gasteiger partial charge in [-0.25, -0.2) is 13.2 Å². The predicted molar refractivity (Wildman–Crippen MR) is 71.4 cm³/mol. The van der Waals surface area contributed by atoms with E-state index in [4.69, 9.17) is 16.7 Å². The maximum Gasteiger partial charge on any atom is 0.337 e. The summed E-state index contributed by atoms with van der Waals surface area (Å²) in [4.78, 5) is 15.2. The maximum absolute atomic E-state index is 12.1. The molecule has 1 heterocycles. The average Bonchev–Trinajstić information content (AvgIpc) is 2.80. The Morgan fingerprint density at radius 3 is 2.68 bits per heavy atom. The summed E-state index contributed by atoms with van der Waals surface area (Å²) >= 11 is 7.00. The summed E-state index contributed by atoms with van der Waals surface area (Å²) in [6, 6.07) is 3.58. The normalized spacial score (nSPS) is 11.4. The van der Waals surface area contributed by atoms with Crippen LogP contribution in [0.2, 0.25) is 5.02 Å². The molecule has 0 spiro atoms. The molecule has 0 unspecified atom stereocenters. The fourth-order valence-corrected chi connectivity index (χ4v) is 4.08. The maximum atomic E-state index is 12.1. The number of aromatic carboxylic acids is 1. The molecular weight excluding hydrogens is 310 g/mol. The Hall–Kier alpha value is -1.44. The van der Waals surface area contributed by atoms with E-state index in [0.29, 0.717) is 4.88 Å². The van der Waals surface area contributed by atoms with Crippen molar-refractivity contribution >= 4 is 38.7 Å². The van der Waals surface area contributed by atoms with Crippen LogP contribution < -0.4 is 0 Å². The lowest BCUT2D eigenvalue weighted by molar-refractivity contribution is 0.0697. The molecule has 0 aliphatic heterocycles. The van der Waals surface area contributed by atoms with Crippen molar-refractivity contribution in [2.75, 3.05) is 0 Å². The summed E-state index contributed by atoms with van der Waals surface area (Å²) in [5.74, 6) is -1.38. The van der Waals surface area contributed by atoms with Crippen LogP contribution in [0, 0.1) is 0 Å². The van der Waals surface area contributed by atoms with Crippen molar-refractivity contribution < 1.29 is 18.3 Å². The first kappa shape index (κ1) is 14.0. The Kier molecular flexibility index (Phi) is 3.88. The van der Waals surface area contributed by atoms with Crippen LogP contribution in [-0.4, -0.2) is 24.5 Å². The Labute approximate surface area is 118 Å². The van der Waals surface area contributed by atoms with Gasteiger partial charge in [-0.05, 0) is 18.2 Å². The molecule has 2 rings (SSSR count). The minimum absolute atomic E-state index is 0.00380. The molecule has 0 aliphatic rings. The van der Waals surface area contributed by atoms with Crippen molar-refractivity contribution in [2.24, 2.45) is 0 Å². The Morgan fingerprint density at radius 1 is 1.42 bits per heavy atom. The molecule has 0 fully saturated rings. The molecule has 1 N–H and O–H groups in total. The van der Waals surface area contributed by atoms with Crippen molar-refractivity contribution in [3.8, 4) is 0 Å². The third kappa shape index (κ3) is 3.12. The SMILES string of the molecule is O=C(O)c1ccc(S(=O)(=O)Cc2cncs2)cc1Cl. The van der Waals surface area contributed by atoms with Gasteiger partial charge in [0.15, 0.2) is 9.84 Å². The van der Waals surface area contributed by atoms with E-state index in [1.54, 1.807) is 5.51 Å². The first-order valence-corrected chi connectivity index (χ1v) is 7.94. The predicted octanol–water partition coefficient (Wildman–Crippen LogP) is 2.47. The van der Waals surface area contributed by atoms with Crippen molar-refractivity contribution in [3.63, 3.8) is 0 Å². The highest BCUT2D eigenvalue weighted by Crippen LogP contribution is 2.24. The number of sulfone groups is 1. The Morgan fingerprint density at radius 2 is 2.16 bits per heavy atom. The number of thiazole rings is 1. The van der Waals surface area contributed by atoms with Gasteiger partial charge in [0.25, 0.3) is 0 Å². The van der Waals surface area contributed by atoms with Crippen LogP contribution in [-0.2, 0) is 15.6 Å². The molecule has 8 heteroatoms. The quantitative estimate of drug-likeness (QED) is 0.936. The highest BCUT2D eigenvalue weighted by molar-refractivity contribution is 7.90. The van der Waals surface area contributed by atoms with Crippen molar-refractivity contribution in [1.29, 1.82) is 0 Å². The lowest BCUT2D eigenvalue weighted by atomic mass is 10.2. The van der Waals surface area contributed by atoms with Crippen LogP contribution in [0.3, 0.4) is 0 Å². The number of nitrogens with zero attached hydrogens (tertiary/aromatic N) is 1. The monoisotopic (exact) mass is 317 g/mol. The van der Waals surface area contributed by atoms with E-state index in [9.17, 15) is 13.2 Å². The Balaban J connectivity index is 2.36. The van der Waals surface area contributed by atoms with Gasteiger partial charge in [-0.2, -0.15) is 0 Å². The fourth-order valence-electron chi connectivity index (χ4n) is 1.45. The first-order chi connectivity index (χ1) is 8.90. The van der Waals surface area contributed by atoms with E-state index in [1.165, 1.54) is 29.7 Å². The number of carboxylic acids is 1. The standard InChI is InChI=1S/C11H8ClNO4S2/c12-10-3-8(1-2-9(10)11(14)15)19(16,17)5-7-4-13-6-18-7/h1-4,6H,5H2,(H,14,15). The van der Waals surface area contributed by atoms with Crippen LogP contribution in [0.1, 0.15) is 15.2 Å². The highest BCUT2D eigenvalue weighted by atomic mass is 35.5. The second-order valence-electron chi connectivity index (χ2n) is 3.67. The van der Waals surface area contributed by atoms with Crippen LogP contribution >= 0.6 is 22.9 Å². The van der Waals surface area contributed by atoms with Gasteiger partial charge in [-0.15, -0.1) is 11.3 Å². The van der Waals surface area contributed by atoms with Gasteiger partial charge in [-0.3, -0.25) is 4.98 Å². The van der Waals surface area contributed by atoms with E-state index in [-0.39, 0.29) is 21.2 Å². The number of aromatic nitrogens is 1. The van der Waals surface area contributed by atoms with Gasteiger partial charge in [-0.1, -0.05) is 11.6 Å². The third-order valence-electron chi connectivity index (χ3n) is 2.35. The molecule has 0 bridgehead atoms. The van der Waals surface area contributed by atoms with Crippen LogP contribution in [0.15, 0.2) is 34.8 Å². The molecule has 1 aromatic heterocycles. The van der Waals surface area contributed by atoms with E-state index in [2.05, 4.69) is 4.98 Å². The third-order valence-corrected chi connectivity index (χ3v) is 5.28. The number of carbonyl (C=O) groups is 1. The second kappa shape index (κ2) is 5.28. The summed E-state index contributed by atoms with van der Waals surface area (Å²) in [5, 5.41) is 8.73. The number of rotatable bonds is 4. The largest absolute Gasteiger partial charge is 0.478 e. The molecule has 19 heavy (non-hydrogen) atoms. The molecular formula is C11H8ClNO4S2. The zero-order valence-corrected chi connectivity index (χ0v) is 11.8. The molecule has 0 amide bonds. The number of hydrogen-bond acceptors (Lipinski definition) is 5. The highest BCUT2D eigenvalue weighted by Gasteiger charge is 2.19. The van der Waals surface area contributed by atoms with E-state index < -0.39 is 15.8 Å². The average molecular weight is 318 g/mol. The van der Waals surface area contributed by atoms with E-state index >= 15 is 0 Å². The number of hydrogen-bond donors (Lipinski definition) is 1. The molecule has 5 nitrogen and oxygen atoms in total. The van der Waals surface area contributed by atoms with Gasteiger partial charge < -0.3 is 5.11 Å². The Bertz CT molecular complexity index is 710. The summed E-state index contributed by atoms with van der Waals surface area (Å²) in [7, 11) is -3.56.